The molecule has 0 amide bonds. The lowest BCUT2D eigenvalue weighted by atomic mass is 9.98. The number of anilines is 1. The number of rotatable bonds is 8. The molecule has 9 heteroatoms. The van der Waals surface area contributed by atoms with E-state index >= 15 is 0 Å². The number of piperazine rings is 1. The first-order chi connectivity index (χ1) is 17.7. The number of hydrogen-bond donors (Lipinski definition) is 0. The van der Waals surface area contributed by atoms with E-state index < -0.39 is 0 Å². The van der Waals surface area contributed by atoms with Gasteiger partial charge in [-0.3, -0.25) is 14.9 Å². The van der Waals surface area contributed by atoms with Crippen LogP contribution in [0.1, 0.15) is 11.1 Å². The van der Waals surface area contributed by atoms with Crippen molar-refractivity contribution in [3.8, 4) is 6.07 Å². The second kappa shape index (κ2) is 10.9. The smallest absolute Gasteiger partial charge is 0.137 e. The molecule has 0 radical (unpaired) electrons. The van der Waals surface area contributed by atoms with Crippen LogP contribution in [-0.4, -0.2) is 85.0 Å². The van der Waals surface area contributed by atoms with Crippen LogP contribution in [0.4, 0.5) is 5.82 Å². The van der Waals surface area contributed by atoms with Crippen LogP contribution in [0.25, 0.3) is 5.57 Å². The molecular weight excluding hydrogens is 454 g/mol. The van der Waals surface area contributed by atoms with E-state index in [2.05, 4.69) is 39.1 Å². The number of methoxy groups -OCH3 is 1. The fourth-order valence-electron chi connectivity index (χ4n) is 4.75. The molecule has 5 heterocycles. The predicted octanol–water partition coefficient (Wildman–Crippen LogP) is 2.64. The molecule has 0 aromatic carbocycles. The molecule has 0 atom stereocenters. The summed E-state index contributed by atoms with van der Waals surface area (Å²) in [6.07, 6.45) is 9.56. The number of nitrogens with zero attached hydrogens (tertiary/aromatic N) is 7. The fourth-order valence-corrected chi connectivity index (χ4v) is 4.75. The van der Waals surface area contributed by atoms with Gasteiger partial charge in [-0.15, -0.1) is 0 Å². The predicted molar refractivity (Wildman–Crippen MR) is 137 cm³/mol. The molecule has 2 aromatic heterocycles. The van der Waals surface area contributed by atoms with Crippen LogP contribution in [0.2, 0.25) is 0 Å². The maximum atomic E-state index is 9.77. The zero-order chi connectivity index (χ0) is 24.9. The van der Waals surface area contributed by atoms with Gasteiger partial charge >= 0.3 is 0 Å². The minimum Gasteiger partial charge on any atom is -0.490 e. The minimum absolute atomic E-state index is 0.456. The monoisotopic (exact) mass is 485 g/mol. The van der Waals surface area contributed by atoms with Crippen molar-refractivity contribution < 1.29 is 9.47 Å². The summed E-state index contributed by atoms with van der Waals surface area (Å²) < 4.78 is 11.0. The largest absolute Gasteiger partial charge is 0.490 e. The highest BCUT2D eigenvalue weighted by molar-refractivity contribution is 5.83. The van der Waals surface area contributed by atoms with E-state index in [0.717, 1.165) is 66.7 Å². The molecule has 9 nitrogen and oxygen atoms in total. The Kier molecular flexibility index (Phi) is 7.28. The first kappa shape index (κ1) is 24.0. The second-order valence-electron chi connectivity index (χ2n) is 9.06. The third-order valence-corrected chi connectivity index (χ3v) is 6.64. The number of ether oxygens (including phenoxy) is 2. The van der Waals surface area contributed by atoms with E-state index in [1.807, 2.05) is 54.0 Å². The zero-order valence-electron chi connectivity index (χ0n) is 20.8. The first-order valence-electron chi connectivity index (χ1n) is 12.2. The van der Waals surface area contributed by atoms with Gasteiger partial charge in [0.05, 0.1) is 36.7 Å². The molecule has 0 unspecified atom stereocenters. The fraction of sp³-hybridized carbons (Fsp3) is 0.370. The number of fused-ring (bicyclic) bond motifs is 1. The summed E-state index contributed by atoms with van der Waals surface area (Å²) in [7, 11) is 3.62. The molecule has 0 N–H and O–H groups in total. The van der Waals surface area contributed by atoms with Gasteiger partial charge in [-0.05, 0) is 29.8 Å². The Labute approximate surface area is 212 Å². The van der Waals surface area contributed by atoms with Gasteiger partial charge in [-0.1, -0.05) is 6.07 Å². The molecule has 0 saturated carbocycles. The van der Waals surface area contributed by atoms with Crippen molar-refractivity contribution in [1.29, 1.82) is 5.26 Å². The molecule has 1 fully saturated rings. The van der Waals surface area contributed by atoms with E-state index in [9.17, 15) is 5.26 Å². The Hall–Kier alpha value is -3.71. The Morgan fingerprint density at radius 3 is 2.64 bits per heavy atom. The number of allylic oxidation sites excluding steroid dienone is 2. The lowest BCUT2D eigenvalue weighted by molar-refractivity contribution is 0.0963. The van der Waals surface area contributed by atoms with Crippen LogP contribution in [0.5, 0.6) is 0 Å². The van der Waals surface area contributed by atoms with Crippen LogP contribution in [0.15, 0.2) is 72.2 Å². The number of hydrogen-bond acceptors (Lipinski definition) is 9. The van der Waals surface area contributed by atoms with Crippen molar-refractivity contribution in [2.75, 3.05) is 65.0 Å². The summed E-state index contributed by atoms with van der Waals surface area (Å²) in [6, 6.07) is 10.7. The SMILES string of the molecule is COCCOC1=CN2C(=C(C#N)CN2C)C(c2ccc(N3CCN(Cc4cccnc4)CC3)nc2)=C1. The van der Waals surface area contributed by atoms with Crippen molar-refractivity contribution in [2.45, 2.75) is 6.54 Å². The average molecular weight is 486 g/mol. The third-order valence-electron chi connectivity index (χ3n) is 6.64. The third kappa shape index (κ3) is 5.11. The maximum absolute atomic E-state index is 9.77. The van der Waals surface area contributed by atoms with E-state index in [1.165, 1.54) is 5.56 Å². The van der Waals surface area contributed by atoms with Crippen molar-refractivity contribution in [1.82, 2.24) is 24.9 Å². The lowest BCUT2D eigenvalue weighted by Gasteiger charge is -2.35. The van der Waals surface area contributed by atoms with Crippen LogP contribution >= 0.6 is 0 Å². The molecule has 36 heavy (non-hydrogen) atoms. The Morgan fingerprint density at radius 1 is 1.08 bits per heavy atom. The van der Waals surface area contributed by atoms with E-state index in [4.69, 9.17) is 14.5 Å². The number of hydrazine groups is 1. The van der Waals surface area contributed by atoms with Gasteiger partial charge in [0.15, 0.2) is 0 Å². The molecule has 1 saturated heterocycles. The summed E-state index contributed by atoms with van der Waals surface area (Å²) >= 11 is 0. The zero-order valence-corrected chi connectivity index (χ0v) is 20.8. The Morgan fingerprint density at radius 2 is 1.94 bits per heavy atom. The van der Waals surface area contributed by atoms with Crippen LogP contribution < -0.4 is 4.90 Å². The molecule has 186 valence electrons. The number of pyridine rings is 2. The molecule has 0 aliphatic carbocycles. The van der Waals surface area contributed by atoms with Gasteiger partial charge in [0.2, 0.25) is 0 Å². The number of nitriles is 1. The van der Waals surface area contributed by atoms with Crippen LogP contribution in [-0.2, 0) is 16.0 Å². The van der Waals surface area contributed by atoms with Gasteiger partial charge in [-0.25, -0.2) is 9.99 Å². The Balaban J connectivity index is 1.30. The topological polar surface area (TPSA) is 81.0 Å². The Bertz CT molecular complexity index is 1190. The standard InChI is InChI=1S/C27H31N7O2/c1-31-19-23(15-28)27-25(14-24(20-34(27)31)36-13-12-35-2)22-5-6-26(30-17-22)33-10-8-32(9-11-33)18-21-4-3-7-29-16-21/h3-7,14,16-17,20H,8-13,18-19H2,1-2H3. The van der Waals surface area contributed by atoms with E-state index in [1.54, 1.807) is 7.11 Å². The van der Waals surface area contributed by atoms with Gasteiger partial charge in [0, 0.05) is 76.6 Å². The summed E-state index contributed by atoms with van der Waals surface area (Å²) in [4.78, 5) is 13.8. The summed E-state index contributed by atoms with van der Waals surface area (Å²) in [5, 5.41) is 13.8. The second-order valence-corrected chi connectivity index (χ2v) is 9.06. The number of aromatic nitrogens is 2. The van der Waals surface area contributed by atoms with Crippen molar-refractivity contribution >= 4 is 11.4 Å². The van der Waals surface area contributed by atoms with Crippen molar-refractivity contribution in [3.05, 3.63) is 83.3 Å². The van der Waals surface area contributed by atoms with Gasteiger partial charge < -0.3 is 14.4 Å². The van der Waals surface area contributed by atoms with Gasteiger partial charge in [0.25, 0.3) is 0 Å². The summed E-state index contributed by atoms with van der Waals surface area (Å²) in [5.41, 5.74) is 4.75. The summed E-state index contributed by atoms with van der Waals surface area (Å²) in [6.45, 7) is 6.26. The normalized spacial score (nSPS) is 18.6. The van der Waals surface area contributed by atoms with Gasteiger partial charge in [-0.2, -0.15) is 5.26 Å². The molecule has 2 aromatic rings. The minimum atomic E-state index is 0.456. The highest BCUT2D eigenvalue weighted by Gasteiger charge is 2.33. The maximum Gasteiger partial charge on any atom is 0.137 e. The highest BCUT2D eigenvalue weighted by Crippen LogP contribution is 2.38. The summed E-state index contributed by atoms with van der Waals surface area (Å²) in [5.74, 6) is 1.70. The first-order valence-corrected chi connectivity index (χ1v) is 12.2. The average Bonchev–Trinajstić information content (AvgIpc) is 3.25. The molecule has 0 bridgehead atoms. The lowest BCUT2D eigenvalue weighted by Crippen LogP contribution is -2.46. The van der Waals surface area contributed by atoms with Gasteiger partial charge in [0.1, 0.15) is 18.2 Å². The quantitative estimate of drug-likeness (QED) is 0.524. The van der Waals surface area contributed by atoms with Crippen LogP contribution in [0, 0.1) is 11.3 Å². The highest BCUT2D eigenvalue weighted by atomic mass is 16.5. The molecule has 3 aliphatic rings. The van der Waals surface area contributed by atoms with Crippen molar-refractivity contribution in [3.63, 3.8) is 0 Å². The van der Waals surface area contributed by atoms with E-state index in [-0.39, 0.29) is 0 Å². The van der Waals surface area contributed by atoms with E-state index in [0.29, 0.717) is 19.8 Å². The van der Waals surface area contributed by atoms with Crippen molar-refractivity contribution in [2.24, 2.45) is 0 Å². The molecule has 0 spiro atoms. The number of likely N-dealkylation sites (N-methyl/N-ethyl adjacent to an activating group) is 1. The molecule has 5 rings (SSSR count). The molecular formula is C27H31N7O2. The van der Waals surface area contributed by atoms with Crippen LogP contribution in [0.3, 0.4) is 0 Å². The molecule has 3 aliphatic heterocycles.